The maximum absolute atomic E-state index is 9.10. The number of carbonyl (C=O) groups excluding carboxylic acids is 1. The van der Waals surface area contributed by atoms with Crippen LogP contribution in [0.1, 0.15) is 0 Å². The van der Waals surface area contributed by atoms with E-state index in [0.29, 0.717) is 0 Å². The van der Waals surface area contributed by atoms with Crippen molar-refractivity contribution >= 4 is 35.8 Å². The first kappa shape index (κ1) is 25.3. The fourth-order valence-corrected chi connectivity index (χ4v) is 0. The van der Waals surface area contributed by atoms with Crippen molar-refractivity contribution in [3.8, 4) is 0 Å². The zero-order chi connectivity index (χ0) is 15.5. The van der Waals surface area contributed by atoms with E-state index in [0.717, 1.165) is 0 Å². The molecule has 5 N–H and O–H groups in total. The second-order valence-corrected chi connectivity index (χ2v) is 1.81. The number of carboxylic acids is 6. The molecule has 0 aliphatic rings. The molecule has 0 aromatic carbocycles. The van der Waals surface area contributed by atoms with E-state index in [4.69, 9.17) is 59.4 Å². The molecule has 19 heavy (non-hydrogen) atoms. The van der Waals surface area contributed by atoms with Crippen LogP contribution < -0.4 is 24.0 Å². The Bertz CT molecular complexity index is 277. The molecule has 0 aromatic rings. The summed E-state index contributed by atoms with van der Waals surface area (Å²) in [6.45, 7) is 0. The van der Waals surface area contributed by atoms with Gasteiger partial charge in [-0.3, -0.25) is 0 Å². The number of hydrogen-bond donors (Lipinski definition) is 5. The standard InChI is InChI=1S/3C2H2O4.Li/c3*3-1(4)2(5)6;/h3*(H,3,4)(H,5,6);/q;;;+1/p-1. The molecule has 0 saturated carbocycles. The van der Waals surface area contributed by atoms with E-state index in [1.54, 1.807) is 0 Å². The van der Waals surface area contributed by atoms with Crippen molar-refractivity contribution in [2.24, 2.45) is 0 Å². The quantitative estimate of drug-likeness (QED) is 0.205. The van der Waals surface area contributed by atoms with Gasteiger partial charge in [-0.25, -0.2) is 24.0 Å². The summed E-state index contributed by atoms with van der Waals surface area (Å²) in [5.74, 6) is -11.3. The van der Waals surface area contributed by atoms with E-state index >= 15 is 0 Å². The molecule has 13 heteroatoms. The first-order valence-corrected chi connectivity index (χ1v) is 3.30. The molecule has 0 rings (SSSR count). The van der Waals surface area contributed by atoms with Gasteiger partial charge in [-0.1, -0.05) is 0 Å². The minimum atomic E-state index is -2.07. The Morgan fingerprint density at radius 2 is 0.632 bits per heavy atom. The van der Waals surface area contributed by atoms with Crippen LogP contribution in [0.5, 0.6) is 0 Å². The first-order valence-electron chi connectivity index (χ1n) is 3.30. The van der Waals surface area contributed by atoms with Crippen LogP contribution in [0.3, 0.4) is 0 Å². The number of carboxylic acid groups (broad SMARTS) is 6. The van der Waals surface area contributed by atoms with Crippen LogP contribution in [0.4, 0.5) is 0 Å². The Morgan fingerprint density at radius 1 is 0.526 bits per heavy atom. The summed E-state index contributed by atoms with van der Waals surface area (Å²) in [7, 11) is 0. The molecular formula is C6H5LiO12. The molecule has 102 valence electrons. The average molecular weight is 276 g/mol. The van der Waals surface area contributed by atoms with Crippen LogP contribution in [0.15, 0.2) is 0 Å². The number of aliphatic carboxylic acids is 6. The van der Waals surface area contributed by atoms with Gasteiger partial charge in [0.05, 0.1) is 0 Å². The number of rotatable bonds is 0. The van der Waals surface area contributed by atoms with E-state index in [-0.39, 0.29) is 18.9 Å². The molecule has 0 bridgehead atoms. The van der Waals surface area contributed by atoms with E-state index in [9.17, 15) is 0 Å². The third-order valence-corrected chi connectivity index (χ3v) is 0.541. The molecule has 0 unspecified atom stereocenters. The molecule has 0 fully saturated rings. The van der Waals surface area contributed by atoms with Crippen LogP contribution >= 0.6 is 0 Å². The van der Waals surface area contributed by atoms with Gasteiger partial charge in [0, 0.05) is 0 Å². The molecule has 0 atom stereocenters. The van der Waals surface area contributed by atoms with Gasteiger partial charge in [0.2, 0.25) is 0 Å². The van der Waals surface area contributed by atoms with Gasteiger partial charge in [-0.2, -0.15) is 0 Å². The fourth-order valence-electron chi connectivity index (χ4n) is 0. The second kappa shape index (κ2) is 13.5. The van der Waals surface area contributed by atoms with Gasteiger partial charge in [-0.05, 0) is 0 Å². The van der Waals surface area contributed by atoms with Crippen LogP contribution in [0.2, 0.25) is 0 Å². The number of hydrogen-bond acceptors (Lipinski definition) is 7. The van der Waals surface area contributed by atoms with Gasteiger partial charge in [0.1, 0.15) is 0 Å². The number of carbonyl (C=O) groups is 6. The Morgan fingerprint density at radius 3 is 0.632 bits per heavy atom. The molecule has 0 heterocycles. The molecule has 0 saturated heterocycles. The minimum Gasteiger partial charge on any atom is -0.539 e. The third-order valence-electron chi connectivity index (χ3n) is 0.541. The first-order chi connectivity index (χ1) is 7.93. The summed E-state index contributed by atoms with van der Waals surface area (Å²) < 4.78 is 0. The van der Waals surface area contributed by atoms with E-state index in [1.165, 1.54) is 0 Å². The van der Waals surface area contributed by atoms with Gasteiger partial charge < -0.3 is 35.4 Å². The molecule has 0 amide bonds. The Hall–Kier alpha value is -2.58. The summed E-state index contributed by atoms with van der Waals surface area (Å²) in [5, 5.41) is 45.9. The minimum absolute atomic E-state index is 0. The van der Waals surface area contributed by atoms with Crippen LogP contribution in [0.25, 0.3) is 0 Å². The molecule has 0 radical (unpaired) electrons. The predicted molar refractivity (Wildman–Crippen MR) is 43.2 cm³/mol. The Labute approximate surface area is 115 Å². The van der Waals surface area contributed by atoms with E-state index in [1.807, 2.05) is 0 Å². The largest absolute Gasteiger partial charge is 1.00 e. The van der Waals surface area contributed by atoms with Crippen LogP contribution in [-0.4, -0.2) is 61.3 Å². The second-order valence-electron chi connectivity index (χ2n) is 1.81. The zero-order valence-corrected chi connectivity index (χ0v) is 9.09. The summed E-state index contributed by atoms with van der Waals surface area (Å²) >= 11 is 0. The summed E-state index contributed by atoms with van der Waals surface area (Å²) in [5.41, 5.74) is 0. The van der Waals surface area contributed by atoms with Gasteiger partial charge in [-0.15, -0.1) is 0 Å². The topological polar surface area (TPSA) is 227 Å². The molecule has 12 nitrogen and oxygen atoms in total. The summed E-state index contributed by atoms with van der Waals surface area (Å²) in [4.78, 5) is 54.4. The van der Waals surface area contributed by atoms with Crippen molar-refractivity contribution in [1.29, 1.82) is 0 Å². The summed E-state index contributed by atoms with van der Waals surface area (Å²) in [6, 6.07) is 0. The normalized spacial score (nSPS) is 6.95. The van der Waals surface area contributed by atoms with Gasteiger partial charge in [0.25, 0.3) is 0 Å². The smallest absolute Gasteiger partial charge is 0.539 e. The summed E-state index contributed by atoms with van der Waals surface area (Å²) in [6.07, 6.45) is 0. The van der Waals surface area contributed by atoms with Gasteiger partial charge >= 0.3 is 48.7 Å². The van der Waals surface area contributed by atoms with Crippen LogP contribution in [-0.2, 0) is 28.8 Å². The zero-order valence-electron chi connectivity index (χ0n) is 9.09. The van der Waals surface area contributed by atoms with Crippen molar-refractivity contribution < 1.29 is 78.3 Å². The average Bonchev–Trinajstić information content (AvgIpc) is 2.18. The van der Waals surface area contributed by atoms with E-state index < -0.39 is 35.8 Å². The molecule has 0 aliphatic heterocycles. The van der Waals surface area contributed by atoms with Crippen molar-refractivity contribution in [1.82, 2.24) is 0 Å². The maximum atomic E-state index is 9.10. The molecule has 0 aromatic heterocycles. The molecular weight excluding hydrogens is 271 g/mol. The Kier molecular flexibility index (Phi) is 18.0. The van der Waals surface area contributed by atoms with Crippen molar-refractivity contribution in [2.75, 3.05) is 0 Å². The predicted octanol–water partition coefficient (Wildman–Crippen LogP) is -6.86. The maximum Gasteiger partial charge on any atom is 1.00 e. The third kappa shape index (κ3) is 31.3. The van der Waals surface area contributed by atoms with E-state index in [2.05, 4.69) is 0 Å². The van der Waals surface area contributed by atoms with Crippen molar-refractivity contribution in [3.63, 3.8) is 0 Å². The monoisotopic (exact) mass is 276 g/mol. The van der Waals surface area contributed by atoms with Crippen molar-refractivity contribution in [3.05, 3.63) is 0 Å². The molecule has 0 spiro atoms. The van der Waals surface area contributed by atoms with Crippen LogP contribution in [0, 0.1) is 0 Å². The van der Waals surface area contributed by atoms with Crippen molar-refractivity contribution in [2.45, 2.75) is 0 Å². The Balaban J connectivity index is -0.0000000865. The fraction of sp³-hybridized carbons (Fsp3) is 0. The SMILES string of the molecule is O=C(O)C(=O)O.O=C(O)C(=O)O.O=C([O-])C(=O)O.[Li+]. The molecule has 0 aliphatic carbocycles. The van der Waals surface area contributed by atoms with Gasteiger partial charge in [0.15, 0.2) is 5.97 Å².